The van der Waals surface area contributed by atoms with E-state index in [1.54, 1.807) is 25.1 Å². The second kappa shape index (κ2) is 24.8. The second-order valence-electron chi connectivity index (χ2n) is 28.6. The lowest BCUT2D eigenvalue weighted by Crippen LogP contribution is -2.37. The molecular weight excluding hydrogens is 1170 g/mol. The molecule has 15 heteroatoms. The van der Waals surface area contributed by atoms with E-state index in [-0.39, 0.29) is 101 Å². The molecule has 0 radical (unpaired) electrons. The number of aromatic amines is 1. The van der Waals surface area contributed by atoms with Crippen LogP contribution in [0, 0.1) is 45.8 Å². The number of allylic oxidation sites excluding steroid dienone is 6. The number of carbonyl (C=O) groups excluding carboxylic acids is 3. The van der Waals surface area contributed by atoms with Crippen molar-refractivity contribution in [3.8, 4) is 46.3 Å². The minimum Gasteiger partial charge on any atom is -0.508 e. The van der Waals surface area contributed by atoms with Gasteiger partial charge in [0.15, 0.2) is 11.5 Å². The second-order valence-corrected chi connectivity index (χ2v) is 28.6. The van der Waals surface area contributed by atoms with Gasteiger partial charge in [-0.2, -0.15) is 0 Å². The van der Waals surface area contributed by atoms with Crippen LogP contribution in [-0.2, 0) is 38.4 Å². The van der Waals surface area contributed by atoms with Crippen LogP contribution in [0.3, 0.4) is 0 Å². The average Bonchev–Trinajstić information content (AvgIpc) is 1.57. The van der Waals surface area contributed by atoms with Gasteiger partial charge in [-0.3, -0.25) is 14.4 Å². The number of aromatic hydroxyl groups is 3. The quantitative estimate of drug-likeness (QED) is 0.0586. The SMILES string of the molecule is COc1cc2cc(O)c1Oc1cc(O)cc(c1)CC[C@H](CO)C[C@@H]1CC[C@@]3(CC[C@@]4(Cc5c6c(ccc7c6cn5[C@@H]2CC(=O)C[C@H](OC(C)=O)CC[C@]25Cc6c[nH]cc6[C@H](C#CCC2=CC=C[C@@H]5C)[C@@H](c2cccc(O)c2)C2=CCNC(=C2)N7CCC(C)=O)[C@H]4O)C3)C1. The number of benzene rings is 4. The summed E-state index contributed by atoms with van der Waals surface area (Å²) < 4.78 is 21.2. The number of dihydropyridines is 1. The van der Waals surface area contributed by atoms with Crippen molar-refractivity contribution in [1.82, 2.24) is 14.9 Å². The molecule has 2 aromatic heterocycles. The first-order valence-corrected chi connectivity index (χ1v) is 33.7. The van der Waals surface area contributed by atoms with Gasteiger partial charge in [0.2, 0.25) is 5.75 Å². The number of nitrogens with zero attached hydrogens (tertiary/aromatic N) is 2. The van der Waals surface area contributed by atoms with Gasteiger partial charge >= 0.3 is 5.97 Å². The van der Waals surface area contributed by atoms with Crippen LogP contribution in [0.15, 0.2) is 133 Å². The Morgan fingerprint density at radius 1 is 0.914 bits per heavy atom. The molecule has 4 aromatic carbocycles. The van der Waals surface area contributed by atoms with E-state index in [0.29, 0.717) is 69.5 Å². The lowest BCUT2D eigenvalue weighted by molar-refractivity contribution is -0.148. The molecule has 3 spiro atoms. The maximum Gasteiger partial charge on any atom is 0.302 e. The Bertz CT molecular complexity index is 4160. The predicted molar refractivity (Wildman–Crippen MR) is 356 cm³/mol. The Kier molecular flexibility index (Phi) is 16.5. The van der Waals surface area contributed by atoms with Gasteiger partial charge in [0, 0.05) is 110 Å². The first kappa shape index (κ1) is 62.0. The highest BCUT2D eigenvalue weighted by Gasteiger charge is 2.57. The molecule has 0 amide bonds. The zero-order valence-electron chi connectivity index (χ0n) is 53.8. The van der Waals surface area contributed by atoms with Crippen LogP contribution >= 0.6 is 0 Å². The number of carbonyl (C=O) groups is 3. The zero-order valence-corrected chi connectivity index (χ0v) is 53.8. The van der Waals surface area contributed by atoms with Crippen molar-refractivity contribution in [1.29, 1.82) is 0 Å². The molecule has 15 rings (SSSR count). The number of phenols is 3. The van der Waals surface area contributed by atoms with Gasteiger partial charge in [-0.1, -0.05) is 66.8 Å². The summed E-state index contributed by atoms with van der Waals surface area (Å²) in [5.41, 5.74) is 7.97. The van der Waals surface area contributed by atoms with Crippen LogP contribution in [0.2, 0.25) is 0 Å². The Hall–Kier alpha value is -8.45. The van der Waals surface area contributed by atoms with Crippen LogP contribution in [0.1, 0.15) is 174 Å². The number of fused-ring (bicyclic) bond motifs is 6. The van der Waals surface area contributed by atoms with Gasteiger partial charge in [0.1, 0.15) is 40.7 Å². The van der Waals surface area contributed by atoms with E-state index in [4.69, 9.17) is 14.2 Å². The molecule has 0 unspecified atom stereocenters. The molecule has 4 aliphatic heterocycles. The smallest absolute Gasteiger partial charge is 0.302 e. The van der Waals surface area contributed by atoms with Gasteiger partial charge in [-0.05, 0) is 201 Å². The minimum atomic E-state index is -0.840. The highest BCUT2D eigenvalue weighted by Crippen LogP contribution is 2.66. The van der Waals surface area contributed by atoms with Gasteiger partial charge in [0.05, 0.1) is 30.9 Å². The van der Waals surface area contributed by atoms with E-state index in [0.717, 1.165) is 106 Å². The van der Waals surface area contributed by atoms with Crippen LogP contribution in [0.4, 0.5) is 5.69 Å². The number of ketones is 2. The molecule has 2 fully saturated rings. The van der Waals surface area contributed by atoms with Gasteiger partial charge in [0.25, 0.3) is 0 Å². The summed E-state index contributed by atoms with van der Waals surface area (Å²) in [4.78, 5) is 48.3. The number of aryl methyl sites for hydroxylation is 1. The lowest BCUT2D eigenvalue weighted by Gasteiger charge is -2.43. The number of hydrogen-bond donors (Lipinski definition) is 7. The topological polar surface area (TPSA) is 216 Å². The third kappa shape index (κ3) is 11.6. The summed E-state index contributed by atoms with van der Waals surface area (Å²) in [6.45, 7) is 6.02. The fraction of sp³-hybridized carbons (Fsp3) is 0.449. The molecule has 7 N–H and O–H groups in total. The van der Waals surface area contributed by atoms with Crippen LogP contribution in [0.5, 0.6) is 34.5 Å². The fourth-order valence-electron chi connectivity index (χ4n) is 18.4. The normalized spacial score (nSPS) is 29.0. The Labute approximate surface area is 544 Å². The number of rotatable bonds is 7. The van der Waals surface area contributed by atoms with E-state index >= 15 is 4.79 Å². The molecule has 0 saturated heterocycles. The van der Waals surface area contributed by atoms with E-state index in [1.807, 2.05) is 24.3 Å². The first-order valence-electron chi connectivity index (χ1n) is 33.7. The maximum atomic E-state index is 15.8. The number of ether oxygens (including phenoxy) is 3. The highest BCUT2D eigenvalue weighted by molar-refractivity contribution is 6.00. The molecule has 6 heterocycles. The summed E-state index contributed by atoms with van der Waals surface area (Å²) in [7, 11) is 1.50. The van der Waals surface area contributed by atoms with Crippen molar-refractivity contribution >= 4 is 34.0 Å². The number of anilines is 1. The molecular formula is C78H86N4O11. The van der Waals surface area contributed by atoms with Crippen LogP contribution < -0.4 is 19.7 Å². The van der Waals surface area contributed by atoms with E-state index in [1.165, 1.54) is 25.7 Å². The van der Waals surface area contributed by atoms with Crippen molar-refractivity contribution < 1.29 is 54.1 Å². The number of H-pyrrole nitrogens is 1. The Morgan fingerprint density at radius 2 is 1.78 bits per heavy atom. The first-order chi connectivity index (χ1) is 44.9. The van der Waals surface area contributed by atoms with Gasteiger partial charge in [-0.25, -0.2) is 0 Å². The van der Waals surface area contributed by atoms with Crippen molar-refractivity contribution in [3.63, 3.8) is 0 Å². The van der Waals surface area contributed by atoms with E-state index in [2.05, 4.69) is 106 Å². The molecule has 93 heavy (non-hydrogen) atoms. The number of aromatic nitrogens is 2. The maximum absolute atomic E-state index is 15.8. The molecule has 11 atom stereocenters. The average molecular weight is 1260 g/mol. The largest absolute Gasteiger partial charge is 0.508 e. The minimum absolute atomic E-state index is 0.00380. The standard InChI is InChI=1S/C78H86N4O11/c1-46-8-5-10-56-11-7-13-62-64-42-79-41-55(64)39-78(46,56)23-19-60(92-48(3)85)35-59(88)37-67-54-32-69(89)74(70(33-54)91-4)93-61-30-49(29-58(87)36-61)14-15-51(44-83)28-50-18-22-76(38-50)24-25-77(45-76)40-68-73-63(75(77)90)16-17-66(65(73)43-82(67)68)81(27-21-47(2)84)71-34-53(20-26-80-71)72(62)52-9-6-12-57(86)31-52/h5-6,8-10,12,16-17,20,29-34,36,41-43,46,50-51,60,62,67,72,75,79-80,83,86-87,89-90H,11,14-15,18-19,21-28,35,37-40,44-45H2,1-4H3/t46-,50-,51-,60+,62-,67+,72-,75+,76+,77+,78+/m0/s1. The van der Waals surface area contributed by atoms with Gasteiger partial charge in [-0.15, -0.1) is 0 Å². The zero-order chi connectivity index (χ0) is 64.5. The number of nitrogens with one attached hydrogen (secondary N) is 2. The van der Waals surface area contributed by atoms with Crippen molar-refractivity contribution in [2.75, 3.05) is 31.7 Å². The van der Waals surface area contributed by atoms with E-state index in [9.17, 15) is 35.1 Å². The summed E-state index contributed by atoms with van der Waals surface area (Å²) >= 11 is 0. The predicted octanol–water partition coefficient (Wildman–Crippen LogP) is 13.8. The third-order valence-electron chi connectivity index (χ3n) is 22.8. The van der Waals surface area contributed by atoms with Gasteiger partial charge < -0.3 is 59.5 Å². The third-order valence-corrected chi connectivity index (χ3v) is 22.8. The molecule has 9 aliphatic rings. The monoisotopic (exact) mass is 1250 g/mol. The number of esters is 1. The number of aliphatic hydroxyl groups is 2. The summed E-state index contributed by atoms with van der Waals surface area (Å²) in [6, 6.07) is 19.3. The Balaban J connectivity index is 1.00. The summed E-state index contributed by atoms with van der Waals surface area (Å²) in [6.07, 6.45) is 25.9. The van der Waals surface area contributed by atoms with E-state index < -0.39 is 35.0 Å². The number of phenolic OH excluding ortho intramolecular Hbond substituents is 3. The molecule has 5 aliphatic carbocycles. The highest BCUT2D eigenvalue weighted by atomic mass is 16.5. The number of methoxy groups -OCH3 is 1. The molecule has 14 bridgehead atoms. The number of aliphatic hydroxyl groups excluding tert-OH is 2. The van der Waals surface area contributed by atoms with Crippen molar-refractivity contribution in [3.05, 3.63) is 172 Å². The Morgan fingerprint density at radius 3 is 2.60 bits per heavy atom. The fourth-order valence-corrected chi connectivity index (χ4v) is 18.4. The van der Waals surface area contributed by atoms with Crippen molar-refractivity contribution in [2.24, 2.45) is 34.0 Å². The van der Waals surface area contributed by atoms with Crippen molar-refractivity contribution in [2.45, 2.75) is 160 Å². The van der Waals surface area contributed by atoms with Crippen LogP contribution in [-0.4, -0.2) is 85.5 Å². The molecule has 484 valence electrons. The van der Waals surface area contributed by atoms with Crippen LogP contribution in [0.25, 0.3) is 10.8 Å². The lowest BCUT2D eigenvalue weighted by atomic mass is 9.61. The summed E-state index contributed by atoms with van der Waals surface area (Å²) in [5, 5.41) is 64.7. The number of hydrogen-bond acceptors (Lipinski definition) is 13. The molecule has 15 nitrogen and oxygen atoms in total. The molecule has 6 aromatic rings. The molecule has 2 saturated carbocycles. The number of Topliss-reactive ketones (excluding diaryl/α,β-unsaturated/α-hetero) is 2. The summed E-state index contributed by atoms with van der Waals surface area (Å²) in [5.74, 6) is 7.71.